The maximum atomic E-state index is 12.2. The molecule has 0 saturated heterocycles. The van der Waals surface area contributed by atoms with Gasteiger partial charge in [0, 0.05) is 10.0 Å². The van der Waals surface area contributed by atoms with E-state index in [9.17, 15) is 9.59 Å². The minimum Gasteiger partial charge on any atom is -0.453 e. The number of amides is 1. The molecule has 0 radical (unpaired) electrons. The van der Waals surface area contributed by atoms with E-state index in [4.69, 9.17) is 27.9 Å². The lowest BCUT2D eigenvalue weighted by Crippen LogP contribution is -2.37. The third-order valence-corrected chi connectivity index (χ3v) is 4.57. The predicted molar refractivity (Wildman–Crippen MR) is 95.1 cm³/mol. The first-order chi connectivity index (χ1) is 11.4. The molecular formula is C18H21Cl2NO3. The molecule has 24 heavy (non-hydrogen) atoms. The monoisotopic (exact) mass is 369 g/mol. The first kappa shape index (κ1) is 18.8. The third-order valence-electron chi connectivity index (χ3n) is 4.01. The summed E-state index contributed by atoms with van der Waals surface area (Å²) < 4.78 is 5.22. The van der Waals surface area contributed by atoms with Crippen LogP contribution in [0.2, 0.25) is 10.0 Å². The molecule has 1 aliphatic rings. The largest absolute Gasteiger partial charge is 0.453 e. The SMILES string of the molecule is C[C@H](OC(=O)C[C@H]1C=CCC1)C(=O)N[C@H](C)c1ccc(Cl)cc1Cl. The minimum absolute atomic E-state index is 0.222. The van der Waals surface area contributed by atoms with Gasteiger partial charge in [0.25, 0.3) is 5.91 Å². The van der Waals surface area contributed by atoms with E-state index in [0.717, 1.165) is 18.4 Å². The number of benzene rings is 1. The average Bonchev–Trinajstić information content (AvgIpc) is 2.99. The molecule has 0 bridgehead atoms. The van der Waals surface area contributed by atoms with Crippen LogP contribution in [0.3, 0.4) is 0 Å². The van der Waals surface area contributed by atoms with Crippen LogP contribution >= 0.6 is 23.2 Å². The van der Waals surface area contributed by atoms with E-state index in [2.05, 4.69) is 11.4 Å². The molecule has 0 unspecified atom stereocenters. The normalized spacial score (nSPS) is 18.9. The first-order valence-electron chi connectivity index (χ1n) is 7.98. The summed E-state index contributed by atoms with van der Waals surface area (Å²) in [5.41, 5.74) is 0.754. The van der Waals surface area contributed by atoms with Crippen LogP contribution < -0.4 is 5.32 Å². The standard InChI is InChI=1S/C18H21Cl2NO3/c1-11(15-8-7-14(19)10-16(15)20)21-18(23)12(2)24-17(22)9-13-5-3-4-6-13/h3,5,7-8,10-13H,4,6,9H2,1-2H3,(H,21,23)/t11-,12+,13+/m1/s1. The Morgan fingerprint density at radius 3 is 2.71 bits per heavy atom. The molecule has 0 aliphatic heterocycles. The van der Waals surface area contributed by atoms with Gasteiger partial charge in [-0.1, -0.05) is 41.4 Å². The Morgan fingerprint density at radius 2 is 2.08 bits per heavy atom. The summed E-state index contributed by atoms with van der Waals surface area (Å²) in [6.07, 6.45) is 5.50. The van der Waals surface area contributed by atoms with Gasteiger partial charge >= 0.3 is 5.97 Å². The number of nitrogens with one attached hydrogen (secondary N) is 1. The van der Waals surface area contributed by atoms with Gasteiger partial charge in [-0.05, 0) is 50.3 Å². The molecule has 3 atom stereocenters. The zero-order valence-electron chi connectivity index (χ0n) is 13.7. The predicted octanol–water partition coefficient (Wildman–Crippen LogP) is 4.46. The lowest BCUT2D eigenvalue weighted by atomic mass is 10.1. The van der Waals surface area contributed by atoms with Crippen LogP contribution in [0.5, 0.6) is 0 Å². The lowest BCUT2D eigenvalue weighted by molar-refractivity contribution is -0.155. The lowest BCUT2D eigenvalue weighted by Gasteiger charge is -2.19. The van der Waals surface area contributed by atoms with Crippen molar-refractivity contribution in [3.8, 4) is 0 Å². The Labute approximate surface area is 152 Å². The molecule has 1 aliphatic carbocycles. The fourth-order valence-electron chi connectivity index (χ4n) is 2.64. The van der Waals surface area contributed by atoms with Crippen LogP contribution in [0.15, 0.2) is 30.4 Å². The Morgan fingerprint density at radius 1 is 1.33 bits per heavy atom. The van der Waals surface area contributed by atoms with E-state index in [1.165, 1.54) is 0 Å². The van der Waals surface area contributed by atoms with Crippen LogP contribution in [-0.4, -0.2) is 18.0 Å². The second-order valence-electron chi connectivity index (χ2n) is 6.00. The molecule has 0 aromatic heterocycles. The number of carbonyl (C=O) groups excluding carboxylic acids is 2. The van der Waals surface area contributed by atoms with Crippen LogP contribution in [-0.2, 0) is 14.3 Å². The van der Waals surface area contributed by atoms with Gasteiger partial charge in [-0.2, -0.15) is 0 Å². The summed E-state index contributed by atoms with van der Waals surface area (Å²) in [5, 5.41) is 3.81. The maximum Gasteiger partial charge on any atom is 0.307 e. The molecule has 6 heteroatoms. The first-order valence-corrected chi connectivity index (χ1v) is 8.74. The Hall–Kier alpha value is -1.52. The molecule has 1 N–H and O–H groups in total. The van der Waals surface area contributed by atoms with Gasteiger partial charge in [-0.15, -0.1) is 0 Å². The van der Waals surface area contributed by atoms with Crippen LogP contribution in [0, 0.1) is 5.92 Å². The number of ether oxygens (including phenoxy) is 1. The highest BCUT2D eigenvalue weighted by molar-refractivity contribution is 6.35. The van der Waals surface area contributed by atoms with E-state index < -0.39 is 6.10 Å². The van der Waals surface area contributed by atoms with E-state index >= 15 is 0 Å². The molecular weight excluding hydrogens is 349 g/mol. The molecule has 1 aromatic carbocycles. The second kappa shape index (κ2) is 8.54. The van der Waals surface area contributed by atoms with Crippen LogP contribution in [0.4, 0.5) is 0 Å². The fourth-order valence-corrected chi connectivity index (χ4v) is 3.21. The molecule has 4 nitrogen and oxygen atoms in total. The van der Waals surface area contributed by atoms with E-state index in [0.29, 0.717) is 16.5 Å². The van der Waals surface area contributed by atoms with Gasteiger partial charge in [0.1, 0.15) is 0 Å². The number of carbonyl (C=O) groups is 2. The molecule has 2 rings (SSSR count). The maximum absolute atomic E-state index is 12.2. The van der Waals surface area contributed by atoms with Gasteiger partial charge in [-0.3, -0.25) is 9.59 Å². The highest BCUT2D eigenvalue weighted by Gasteiger charge is 2.22. The Balaban J connectivity index is 1.86. The van der Waals surface area contributed by atoms with Crippen LogP contribution in [0.25, 0.3) is 0 Å². The third kappa shape index (κ3) is 5.25. The van der Waals surface area contributed by atoms with Crippen molar-refractivity contribution in [2.45, 2.75) is 45.3 Å². The number of halogens is 2. The fraction of sp³-hybridized carbons (Fsp3) is 0.444. The van der Waals surface area contributed by atoms with Crippen molar-refractivity contribution in [1.82, 2.24) is 5.32 Å². The summed E-state index contributed by atoms with van der Waals surface area (Å²) in [5.74, 6) is -0.491. The van der Waals surface area contributed by atoms with Crippen molar-refractivity contribution >= 4 is 35.1 Å². The molecule has 0 heterocycles. The Bertz CT molecular complexity index is 645. The van der Waals surface area contributed by atoms with Gasteiger partial charge in [0.2, 0.25) is 0 Å². The summed E-state index contributed by atoms with van der Waals surface area (Å²) in [6.45, 7) is 3.37. The van der Waals surface area contributed by atoms with Crippen molar-refractivity contribution in [2.75, 3.05) is 0 Å². The second-order valence-corrected chi connectivity index (χ2v) is 6.84. The van der Waals surface area contributed by atoms with E-state index in [1.807, 2.05) is 13.0 Å². The van der Waals surface area contributed by atoms with Gasteiger partial charge < -0.3 is 10.1 Å². The van der Waals surface area contributed by atoms with E-state index in [-0.39, 0.29) is 23.8 Å². The zero-order chi connectivity index (χ0) is 17.7. The van der Waals surface area contributed by atoms with Crippen molar-refractivity contribution in [3.63, 3.8) is 0 Å². The molecule has 0 saturated carbocycles. The number of esters is 1. The number of hydrogen-bond donors (Lipinski definition) is 1. The van der Waals surface area contributed by atoms with Crippen molar-refractivity contribution in [3.05, 3.63) is 46.0 Å². The molecule has 0 fully saturated rings. The van der Waals surface area contributed by atoms with E-state index in [1.54, 1.807) is 25.1 Å². The minimum atomic E-state index is -0.851. The topological polar surface area (TPSA) is 55.4 Å². The summed E-state index contributed by atoms with van der Waals surface area (Å²) in [4.78, 5) is 24.1. The van der Waals surface area contributed by atoms with Crippen molar-refractivity contribution in [1.29, 1.82) is 0 Å². The van der Waals surface area contributed by atoms with Gasteiger partial charge in [0.15, 0.2) is 6.10 Å². The van der Waals surface area contributed by atoms with Crippen LogP contribution in [0.1, 0.15) is 44.7 Å². The summed E-state index contributed by atoms with van der Waals surface area (Å²) in [6, 6.07) is 4.78. The number of allylic oxidation sites excluding steroid dienone is 2. The number of hydrogen-bond acceptors (Lipinski definition) is 3. The quantitative estimate of drug-likeness (QED) is 0.594. The summed E-state index contributed by atoms with van der Waals surface area (Å²) in [7, 11) is 0. The molecule has 130 valence electrons. The summed E-state index contributed by atoms with van der Waals surface area (Å²) >= 11 is 12.0. The molecule has 0 spiro atoms. The average molecular weight is 370 g/mol. The highest BCUT2D eigenvalue weighted by atomic mass is 35.5. The van der Waals surface area contributed by atoms with Crippen molar-refractivity contribution < 1.29 is 14.3 Å². The molecule has 1 amide bonds. The Kier molecular flexibility index (Phi) is 6.69. The smallest absolute Gasteiger partial charge is 0.307 e. The van der Waals surface area contributed by atoms with Crippen molar-refractivity contribution in [2.24, 2.45) is 5.92 Å². The van der Waals surface area contributed by atoms with Gasteiger partial charge in [-0.25, -0.2) is 0 Å². The highest BCUT2D eigenvalue weighted by Crippen LogP contribution is 2.26. The molecule has 1 aromatic rings. The number of rotatable bonds is 6. The zero-order valence-corrected chi connectivity index (χ0v) is 15.2. The van der Waals surface area contributed by atoms with Gasteiger partial charge in [0.05, 0.1) is 12.5 Å².